The Balaban J connectivity index is -0.0000000277. The van der Waals surface area contributed by atoms with Crippen LogP contribution < -0.4 is 59.1 Å². The fraction of sp³-hybridized carbons (Fsp3) is 0. The fourth-order valence-corrected chi connectivity index (χ4v) is 0. The van der Waals surface area contributed by atoms with Crippen LogP contribution in [0.1, 0.15) is 0 Å². The maximum absolute atomic E-state index is 8.89. The summed E-state index contributed by atoms with van der Waals surface area (Å²) in [4.78, 5) is 0. The van der Waals surface area contributed by atoms with E-state index < -0.39 is 28.5 Å². The van der Waals surface area contributed by atoms with Crippen molar-refractivity contribution in [1.82, 2.24) is 0 Å². The average Bonchev–Trinajstić information content (AvgIpc) is 1.41. The maximum Gasteiger partial charge on any atom is 4.00 e. The summed E-state index contributed by atoms with van der Waals surface area (Å²) in [7, 11) is -13.8. The summed E-state index contributed by atoms with van der Waals surface area (Å²) in [5, 5.41) is 0. The molecule has 0 radical (unpaired) electrons. The molecule has 0 aromatic heterocycles. The molecule has 0 spiro atoms. The first-order chi connectivity index (χ1) is 6.00. The van der Waals surface area contributed by atoms with Crippen molar-refractivity contribution >= 4 is 50.9 Å². The second-order valence-corrected chi connectivity index (χ2v) is 6.12. The van der Waals surface area contributed by atoms with Crippen LogP contribution in [0.3, 0.4) is 0 Å². The molecule has 96 valence electrons. The molecule has 0 unspecified atom stereocenters. The first kappa shape index (κ1) is 37.8. The van der Waals surface area contributed by atoms with E-state index in [0.29, 0.717) is 0 Å². The first-order valence-corrected chi connectivity index (χ1v) is 8.00. The molecule has 0 aliphatic heterocycles. The van der Waals surface area contributed by atoms with Crippen molar-refractivity contribution in [2.24, 2.45) is 0 Å². The standard InChI is InChI=1S/Ce.2Na.H2O4S.2H2O3S2/c;;;3*1-5(2,3)4/h;;;3*(H2,1,2,3,4)/q+4;2*+1;;;/p-6. The third-order valence-corrected chi connectivity index (χ3v) is 0. The van der Waals surface area contributed by atoms with Crippen LogP contribution in [0.4, 0.5) is 0 Å². The summed E-state index contributed by atoms with van der Waals surface area (Å²) in [5.74, 6) is 0. The molecule has 0 fully saturated rings. The van der Waals surface area contributed by atoms with Gasteiger partial charge in [0.05, 0.1) is 0 Å². The van der Waals surface area contributed by atoms with Crippen LogP contribution in [0.5, 0.6) is 0 Å². The van der Waals surface area contributed by atoms with Crippen molar-refractivity contribution in [1.29, 1.82) is 0 Å². The van der Waals surface area contributed by atoms with Crippen molar-refractivity contribution in [3.05, 3.63) is 0 Å². The van der Waals surface area contributed by atoms with Gasteiger partial charge in [-0.15, -0.1) is 18.1 Å². The van der Waals surface area contributed by atoms with Gasteiger partial charge >= 0.3 is 101 Å². The fourth-order valence-electron chi connectivity index (χ4n) is 0. The van der Waals surface area contributed by atoms with E-state index in [-0.39, 0.29) is 101 Å². The Bertz CT molecular complexity index is 349. The van der Waals surface area contributed by atoms with Gasteiger partial charge in [0.25, 0.3) is 0 Å². The van der Waals surface area contributed by atoms with Gasteiger partial charge in [0.2, 0.25) is 0 Å². The minimum Gasteiger partial charge on any atom is -0.780 e. The summed E-state index contributed by atoms with van der Waals surface area (Å²) >= 11 is 6.49. The van der Waals surface area contributed by atoms with Crippen molar-refractivity contribution < 1.29 is 145 Å². The van der Waals surface area contributed by atoms with Crippen LogP contribution >= 0.6 is 0 Å². The molecule has 0 aromatic rings. The molecule has 18 heavy (non-hydrogen) atoms. The molecule has 0 atom stereocenters. The van der Waals surface area contributed by atoms with E-state index in [9.17, 15) is 0 Å². The van der Waals surface area contributed by atoms with Gasteiger partial charge in [0.15, 0.2) is 0 Å². The molecule has 0 N–H and O–H groups in total. The number of rotatable bonds is 0. The molecule has 18 heteroatoms. The van der Waals surface area contributed by atoms with Gasteiger partial charge < -0.3 is 27.3 Å². The van der Waals surface area contributed by atoms with Crippen LogP contribution in [-0.4, -0.2) is 44.2 Å². The zero-order chi connectivity index (χ0) is 13.5. The molecular formula is CeNa2O10S5. The Labute approximate surface area is 192 Å². The zero-order valence-electron chi connectivity index (χ0n) is 8.62. The normalized spacial score (nSPS) is 9.67. The van der Waals surface area contributed by atoms with E-state index in [1.807, 2.05) is 0 Å². The second-order valence-electron chi connectivity index (χ2n) is 1.22. The van der Waals surface area contributed by atoms with Crippen molar-refractivity contribution in [2.45, 2.75) is 0 Å². The van der Waals surface area contributed by atoms with Gasteiger partial charge in [0.1, 0.15) is 0 Å². The molecule has 10 nitrogen and oxygen atoms in total. The Morgan fingerprint density at radius 1 is 0.611 bits per heavy atom. The van der Waals surface area contributed by atoms with E-state index in [0.717, 1.165) is 0 Å². The van der Waals surface area contributed by atoms with E-state index >= 15 is 0 Å². The quantitative estimate of drug-likeness (QED) is 0.170. The van der Waals surface area contributed by atoms with Crippen LogP contribution in [0, 0.1) is 41.7 Å². The van der Waals surface area contributed by atoms with Gasteiger partial charge in [-0.2, -0.15) is 0 Å². The monoisotopic (exact) mass is 506 g/mol. The molecule has 0 amide bonds. The van der Waals surface area contributed by atoms with Gasteiger partial charge in [-0.25, -0.2) is 0 Å². The molecule has 0 heterocycles. The largest absolute Gasteiger partial charge is 4.00 e. The molecule has 0 bridgehead atoms. The van der Waals surface area contributed by atoms with Crippen molar-refractivity contribution in [3.8, 4) is 0 Å². The molecule has 0 rings (SSSR count). The third-order valence-electron chi connectivity index (χ3n) is 0. The summed E-state index contributed by atoms with van der Waals surface area (Å²) in [5.41, 5.74) is 0. The summed E-state index contributed by atoms with van der Waals surface area (Å²) in [6.07, 6.45) is 0. The Kier molecular flexibility index (Phi) is 36.1. The van der Waals surface area contributed by atoms with Gasteiger partial charge in [0, 0.05) is 10.4 Å². The Hall–Kier alpha value is 3.83. The van der Waals surface area contributed by atoms with Gasteiger partial charge in [-0.3, -0.25) is 16.8 Å². The Morgan fingerprint density at radius 3 is 0.611 bits per heavy atom. The van der Waals surface area contributed by atoms with E-state index in [1.165, 1.54) is 0 Å². The van der Waals surface area contributed by atoms with Gasteiger partial charge in [-0.05, 0) is 22.4 Å². The predicted molar refractivity (Wildman–Crippen MR) is 44.6 cm³/mol. The van der Waals surface area contributed by atoms with E-state index in [2.05, 4.69) is 22.4 Å². The number of hydrogen-bond donors (Lipinski definition) is 0. The zero-order valence-corrected chi connectivity index (χ0v) is 19.8. The molecule has 0 aliphatic rings. The minimum absolute atomic E-state index is 0. The molecule has 0 aliphatic carbocycles. The summed E-state index contributed by atoms with van der Waals surface area (Å²) in [6, 6.07) is 0. The molecule has 0 aromatic carbocycles. The minimum atomic E-state index is -5.17. The SMILES string of the molecule is O=S(=O)([O-])[O-].O=S([O-])([O-])=S.O=S([O-])([O-])=S.[Ce+4].[Na+].[Na+]. The topological polar surface area (TPSA) is 207 Å². The second kappa shape index (κ2) is 17.2. The van der Waals surface area contributed by atoms with Crippen LogP contribution in [0.25, 0.3) is 0 Å². The van der Waals surface area contributed by atoms with Gasteiger partial charge in [-0.1, -0.05) is 0 Å². The van der Waals surface area contributed by atoms with Crippen LogP contribution in [0.15, 0.2) is 0 Å². The van der Waals surface area contributed by atoms with Crippen molar-refractivity contribution in [3.63, 3.8) is 0 Å². The summed E-state index contributed by atoms with van der Waals surface area (Å²) in [6.45, 7) is 0. The van der Waals surface area contributed by atoms with Crippen molar-refractivity contribution in [2.75, 3.05) is 0 Å². The predicted octanol–water partition coefficient (Wildman–Crippen LogP) is -9.34. The number of hydrogen-bond acceptors (Lipinski definition) is 12. The average molecular weight is 506 g/mol. The summed E-state index contributed by atoms with van der Waals surface area (Å²) < 4.78 is 87.4. The maximum atomic E-state index is 8.89. The smallest absolute Gasteiger partial charge is 0.780 e. The van der Waals surface area contributed by atoms with Crippen LogP contribution in [-0.2, 0) is 50.9 Å². The first-order valence-electron chi connectivity index (χ1n) is 2.00. The van der Waals surface area contributed by atoms with Crippen LogP contribution in [0.2, 0.25) is 0 Å². The Morgan fingerprint density at radius 2 is 0.611 bits per heavy atom. The molecule has 0 saturated carbocycles. The molecular weight excluding hydrogens is 506 g/mol. The third kappa shape index (κ3) is 480. The van der Waals surface area contributed by atoms with E-state index in [4.69, 9.17) is 44.2 Å². The molecule has 0 saturated heterocycles. The van der Waals surface area contributed by atoms with E-state index in [1.54, 1.807) is 0 Å².